The summed E-state index contributed by atoms with van der Waals surface area (Å²) in [5, 5.41) is 0. The van der Waals surface area contributed by atoms with Crippen LogP contribution in [-0.4, -0.2) is 37.2 Å². The van der Waals surface area contributed by atoms with Gasteiger partial charge in [-0.05, 0) is 77.0 Å². The van der Waals surface area contributed by atoms with Gasteiger partial charge in [-0.3, -0.25) is 14.4 Å². The molecule has 0 amide bonds. The zero-order valence-electron chi connectivity index (χ0n) is 53.2. The molecule has 0 radical (unpaired) electrons. The first-order valence-electron chi connectivity index (χ1n) is 35.1. The van der Waals surface area contributed by atoms with E-state index in [1.54, 1.807) is 0 Å². The van der Waals surface area contributed by atoms with E-state index in [2.05, 4.69) is 69.4 Å². The molecular formula is C73H134O6. The van der Waals surface area contributed by atoms with Crippen molar-refractivity contribution in [2.75, 3.05) is 13.2 Å². The Morgan fingerprint density at radius 2 is 0.481 bits per heavy atom. The second-order valence-electron chi connectivity index (χ2n) is 23.8. The summed E-state index contributed by atoms with van der Waals surface area (Å²) in [5.41, 5.74) is 0. The van der Waals surface area contributed by atoms with Crippen molar-refractivity contribution in [3.05, 3.63) is 48.6 Å². The van der Waals surface area contributed by atoms with E-state index in [1.807, 2.05) is 0 Å². The molecule has 6 heteroatoms. The van der Waals surface area contributed by atoms with E-state index < -0.39 is 6.10 Å². The van der Waals surface area contributed by atoms with Gasteiger partial charge in [-0.2, -0.15) is 0 Å². The number of hydrogen-bond donors (Lipinski definition) is 0. The van der Waals surface area contributed by atoms with Gasteiger partial charge >= 0.3 is 17.9 Å². The van der Waals surface area contributed by atoms with Crippen molar-refractivity contribution in [1.82, 2.24) is 0 Å². The lowest BCUT2D eigenvalue weighted by molar-refractivity contribution is -0.167. The standard InChI is InChI=1S/C73H134O6/c1-4-7-10-13-16-19-22-24-26-28-30-32-34-35-36-37-38-40-41-43-45-47-49-51-54-57-60-63-66-72(75)78-69-70(68-77-71(74)65-62-59-56-53-21-18-15-12-9-6-3)79-73(76)67-64-61-58-55-52-50-48-46-44-42-39-33-31-29-27-25-23-20-17-14-11-8-5-2/h12,15,23,25,29,31,39,42,70H,4-11,13-14,16-22,24,26-28,30,32-38,40-41,43-69H2,1-3H3/b15-12-,25-23-,31-29-,42-39-. The molecule has 79 heavy (non-hydrogen) atoms. The van der Waals surface area contributed by atoms with Crippen molar-refractivity contribution >= 4 is 17.9 Å². The molecule has 0 spiro atoms. The number of esters is 3. The van der Waals surface area contributed by atoms with Crippen LogP contribution in [0.5, 0.6) is 0 Å². The Kier molecular flexibility index (Phi) is 65.6. The third-order valence-electron chi connectivity index (χ3n) is 15.8. The normalized spacial score (nSPS) is 12.3. The summed E-state index contributed by atoms with van der Waals surface area (Å²) in [4.78, 5) is 38.3. The molecule has 0 saturated heterocycles. The summed E-state index contributed by atoms with van der Waals surface area (Å²) in [5.74, 6) is -0.872. The second-order valence-corrected chi connectivity index (χ2v) is 23.8. The molecule has 0 aromatic carbocycles. The lowest BCUT2D eigenvalue weighted by Crippen LogP contribution is -2.30. The average molecular weight is 1110 g/mol. The van der Waals surface area contributed by atoms with Crippen molar-refractivity contribution in [3.8, 4) is 0 Å². The van der Waals surface area contributed by atoms with Crippen LogP contribution in [0.3, 0.4) is 0 Å². The van der Waals surface area contributed by atoms with Crippen LogP contribution in [0.1, 0.15) is 380 Å². The van der Waals surface area contributed by atoms with Crippen LogP contribution in [0, 0.1) is 0 Å². The summed E-state index contributed by atoms with van der Waals surface area (Å²) in [6.45, 7) is 6.62. The van der Waals surface area contributed by atoms with Gasteiger partial charge in [0, 0.05) is 19.3 Å². The van der Waals surface area contributed by atoms with Crippen molar-refractivity contribution in [3.63, 3.8) is 0 Å². The highest BCUT2D eigenvalue weighted by Gasteiger charge is 2.19. The highest BCUT2D eigenvalue weighted by Crippen LogP contribution is 2.18. The summed E-state index contributed by atoms with van der Waals surface area (Å²) >= 11 is 0. The fraction of sp³-hybridized carbons (Fsp3) is 0.849. The quantitative estimate of drug-likeness (QED) is 0.0261. The maximum Gasteiger partial charge on any atom is 0.306 e. The first-order chi connectivity index (χ1) is 39.0. The third kappa shape index (κ3) is 66.1. The van der Waals surface area contributed by atoms with E-state index in [1.165, 1.54) is 250 Å². The van der Waals surface area contributed by atoms with E-state index in [4.69, 9.17) is 14.2 Å². The number of carbonyl (C=O) groups is 3. The van der Waals surface area contributed by atoms with E-state index in [-0.39, 0.29) is 31.1 Å². The summed E-state index contributed by atoms with van der Waals surface area (Å²) in [6, 6.07) is 0. The average Bonchev–Trinajstić information content (AvgIpc) is 3.45. The number of carbonyl (C=O) groups excluding carboxylic acids is 3. The zero-order valence-corrected chi connectivity index (χ0v) is 53.2. The molecule has 1 atom stereocenters. The summed E-state index contributed by atoms with van der Waals surface area (Å²) < 4.78 is 16.9. The molecule has 0 aliphatic carbocycles. The minimum atomic E-state index is -0.780. The number of rotatable bonds is 65. The molecule has 0 rings (SSSR count). The lowest BCUT2D eigenvalue weighted by Gasteiger charge is -2.18. The minimum Gasteiger partial charge on any atom is -0.462 e. The molecule has 0 heterocycles. The van der Waals surface area contributed by atoms with Crippen LogP contribution in [0.4, 0.5) is 0 Å². The van der Waals surface area contributed by atoms with Gasteiger partial charge in [0.2, 0.25) is 0 Å². The second kappa shape index (κ2) is 67.9. The van der Waals surface area contributed by atoms with E-state index in [9.17, 15) is 14.4 Å². The molecule has 0 aliphatic rings. The molecule has 462 valence electrons. The SMILES string of the molecule is CCC/C=C\CCCCCCCC(=O)OCC(COC(=O)CCCCCCCCCCCCCCCCCCCCCCCCCCCCCC)OC(=O)CCCCCCCCCC/C=C\C/C=C\C/C=C\CCCCCCC. The Bertz CT molecular complexity index is 1360. The van der Waals surface area contributed by atoms with E-state index in [0.29, 0.717) is 19.3 Å². The van der Waals surface area contributed by atoms with Crippen LogP contribution in [0.2, 0.25) is 0 Å². The molecule has 0 fully saturated rings. The van der Waals surface area contributed by atoms with Gasteiger partial charge in [-0.1, -0.05) is 333 Å². The molecule has 1 unspecified atom stereocenters. The molecular weight excluding hydrogens is 973 g/mol. The van der Waals surface area contributed by atoms with Crippen molar-refractivity contribution in [1.29, 1.82) is 0 Å². The van der Waals surface area contributed by atoms with Crippen LogP contribution >= 0.6 is 0 Å². The smallest absolute Gasteiger partial charge is 0.306 e. The minimum absolute atomic E-state index is 0.0752. The van der Waals surface area contributed by atoms with E-state index in [0.717, 1.165) is 89.9 Å². The van der Waals surface area contributed by atoms with Crippen LogP contribution < -0.4 is 0 Å². The molecule has 0 bridgehead atoms. The Morgan fingerprint density at radius 3 is 0.772 bits per heavy atom. The van der Waals surface area contributed by atoms with Gasteiger partial charge < -0.3 is 14.2 Å². The predicted octanol–water partition coefficient (Wildman–Crippen LogP) is 24.1. The van der Waals surface area contributed by atoms with Gasteiger partial charge in [0.15, 0.2) is 6.10 Å². The van der Waals surface area contributed by atoms with Gasteiger partial charge in [-0.25, -0.2) is 0 Å². The van der Waals surface area contributed by atoms with Crippen LogP contribution in [0.25, 0.3) is 0 Å². The third-order valence-corrected chi connectivity index (χ3v) is 15.8. The fourth-order valence-electron chi connectivity index (χ4n) is 10.5. The Hall–Kier alpha value is -2.63. The highest BCUT2D eigenvalue weighted by molar-refractivity contribution is 5.71. The Morgan fingerprint density at radius 1 is 0.253 bits per heavy atom. The first kappa shape index (κ1) is 76.4. The molecule has 0 N–H and O–H groups in total. The summed E-state index contributed by atoms with van der Waals surface area (Å²) in [6.07, 6.45) is 85.9. The maximum atomic E-state index is 12.9. The van der Waals surface area contributed by atoms with Gasteiger partial charge in [0.05, 0.1) is 0 Å². The Balaban J connectivity index is 4.15. The maximum absolute atomic E-state index is 12.9. The molecule has 0 aromatic heterocycles. The molecule has 0 aliphatic heterocycles. The number of unbranched alkanes of at least 4 members (excludes halogenated alkanes) is 46. The lowest BCUT2D eigenvalue weighted by atomic mass is 10.0. The zero-order chi connectivity index (χ0) is 57.1. The van der Waals surface area contributed by atoms with E-state index >= 15 is 0 Å². The monoisotopic (exact) mass is 1110 g/mol. The predicted molar refractivity (Wildman–Crippen MR) is 344 cm³/mol. The highest BCUT2D eigenvalue weighted by atomic mass is 16.6. The Labute approximate surface area is 492 Å². The number of allylic oxidation sites excluding steroid dienone is 8. The molecule has 0 saturated carbocycles. The van der Waals surface area contributed by atoms with Gasteiger partial charge in [0.1, 0.15) is 13.2 Å². The summed E-state index contributed by atoms with van der Waals surface area (Å²) in [7, 11) is 0. The van der Waals surface area contributed by atoms with Gasteiger partial charge in [0.25, 0.3) is 0 Å². The van der Waals surface area contributed by atoms with Gasteiger partial charge in [-0.15, -0.1) is 0 Å². The molecule has 6 nitrogen and oxygen atoms in total. The fourth-order valence-corrected chi connectivity index (χ4v) is 10.5. The van der Waals surface area contributed by atoms with Crippen LogP contribution in [-0.2, 0) is 28.6 Å². The number of hydrogen-bond acceptors (Lipinski definition) is 6. The topological polar surface area (TPSA) is 78.9 Å². The van der Waals surface area contributed by atoms with Crippen molar-refractivity contribution in [2.45, 2.75) is 386 Å². The van der Waals surface area contributed by atoms with Crippen molar-refractivity contribution < 1.29 is 28.6 Å². The van der Waals surface area contributed by atoms with Crippen LogP contribution in [0.15, 0.2) is 48.6 Å². The number of ether oxygens (including phenoxy) is 3. The van der Waals surface area contributed by atoms with Crippen molar-refractivity contribution in [2.24, 2.45) is 0 Å². The first-order valence-corrected chi connectivity index (χ1v) is 35.1. The molecule has 0 aromatic rings. The largest absolute Gasteiger partial charge is 0.462 e.